The number of carbonyl (C=O) groups excluding carboxylic acids is 1. The van der Waals surface area contributed by atoms with Gasteiger partial charge in [-0.05, 0) is 25.5 Å². The molecule has 0 saturated heterocycles. The Morgan fingerprint density at radius 2 is 1.96 bits per heavy atom. The number of amidine groups is 1. The van der Waals surface area contributed by atoms with E-state index in [1.807, 2.05) is 6.92 Å². The molecule has 134 valence electrons. The number of halogens is 2. The number of nitrogens with zero attached hydrogens (tertiary/aromatic N) is 1. The molecule has 4 N–H and O–H groups in total. The molecule has 1 unspecified atom stereocenters. The highest BCUT2D eigenvalue weighted by Crippen LogP contribution is 2.41. The van der Waals surface area contributed by atoms with Crippen molar-refractivity contribution in [2.75, 3.05) is 6.61 Å². The minimum Gasteiger partial charge on any atom is -0.463 e. The number of hydrogen-bond acceptors (Lipinski definition) is 5. The summed E-state index contributed by atoms with van der Waals surface area (Å²) in [5.41, 5.74) is 11.9. The molecular weight excluding hydrogens is 328 g/mol. The van der Waals surface area contributed by atoms with Gasteiger partial charge in [-0.25, -0.2) is 18.6 Å². The van der Waals surface area contributed by atoms with Crippen molar-refractivity contribution in [3.05, 3.63) is 58.4 Å². The van der Waals surface area contributed by atoms with Gasteiger partial charge in [0.2, 0.25) is 0 Å². The zero-order valence-corrected chi connectivity index (χ0v) is 14.2. The van der Waals surface area contributed by atoms with E-state index in [0.29, 0.717) is 18.5 Å². The molecule has 1 atom stereocenters. The summed E-state index contributed by atoms with van der Waals surface area (Å²) in [6, 6.07) is 3.49. The van der Waals surface area contributed by atoms with Crippen LogP contribution in [0, 0.1) is 11.6 Å². The predicted molar refractivity (Wildman–Crippen MR) is 91.6 cm³/mol. The van der Waals surface area contributed by atoms with Crippen LogP contribution in [0.5, 0.6) is 0 Å². The van der Waals surface area contributed by atoms with Gasteiger partial charge < -0.3 is 16.2 Å². The van der Waals surface area contributed by atoms with Crippen molar-refractivity contribution in [3.8, 4) is 0 Å². The van der Waals surface area contributed by atoms with Gasteiger partial charge in [0.05, 0.1) is 23.8 Å². The van der Waals surface area contributed by atoms with Crippen molar-refractivity contribution in [1.29, 1.82) is 0 Å². The zero-order chi connectivity index (χ0) is 18.6. The summed E-state index contributed by atoms with van der Waals surface area (Å²) < 4.78 is 34.0. The number of esters is 1. The average Bonchev–Trinajstić information content (AvgIpc) is 2.55. The van der Waals surface area contributed by atoms with Crippen LogP contribution in [-0.2, 0) is 9.53 Å². The fourth-order valence-electron chi connectivity index (χ4n) is 2.88. The molecule has 0 saturated carbocycles. The topological polar surface area (TPSA) is 90.7 Å². The minimum absolute atomic E-state index is 0.0339. The average molecular weight is 349 g/mol. The van der Waals surface area contributed by atoms with Gasteiger partial charge in [-0.2, -0.15) is 0 Å². The third-order valence-corrected chi connectivity index (χ3v) is 3.91. The van der Waals surface area contributed by atoms with Crippen LogP contribution in [0.15, 0.2) is 46.2 Å². The Hall–Kier alpha value is -2.70. The minimum atomic E-state index is -1.11. The van der Waals surface area contributed by atoms with E-state index in [-0.39, 0.29) is 29.2 Å². The molecular formula is C18H21F2N3O2. The monoisotopic (exact) mass is 349 g/mol. The van der Waals surface area contributed by atoms with Crippen molar-refractivity contribution in [2.45, 2.75) is 32.6 Å². The third-order valence-electron chi connectivity index (χ3n) is 3.91. The summed E-state index contributed by atoms with van der Waals surface area (Å²) >= 11 is 0. The van der Waals surface area contributed by atoms with Gasteiger partial charge in [-0.3, -0.25) is 0 Å². The summed E-state index contributed by atoms with van der Waals surface area (Å²) in [6.07, 6.45) is 2.21. The molecule has 0 aliphatic carbocycles. The number of ether oxygens (including phenoxy) is 1. The van der Waals surface area contributed by atoms with Crippen molar-refractivity contribution in [2.24, 2.45) is 16.5 Å². The molecule has 25 heavy (non-hydrogen) atoms. The first-order valence-electron chi connectivity index (χ1n) is 8.06. The Kier molecular flexibility index (Phi) is 5.90. The smallest absolute Gasteiger partial charge is 0.336 e. The summed E-state index contributed by atoms with van der Waals surface area (Å²) in [5.74, 6) is -3.35. The normalized spacial score (nSPS) is 19.1. The number of nitrogens with two attached hydrogens (primary N) is 2. The SMILES string of the molecule is CCCC1=C(C(=O)OCC)C(c2c(F)cccc2F)/C(=C/N)C(N)=N1. The molecule has 0 spiro atoms. The summed E-state index contributed by atoms with van der Waals surface area (Å²) in [4.78, 5) is 16.8. The molecule has 1 aromatic carbocycles. The van der Waals surface area contributed by atoms with Gasteiger partial charge in [0.25, 0.3) is 0 Å². The van der Waals surface area contributed by atoms with Crippen LogP contribution >= 0.6 is 0 Å². The maximum absolute atomic E-state index is 14.4. The van der Waals surface area contributed by atoms with E-state index in [2.05, 4.69) is 4.99 Å². The van der Waals surface area contributed by atoms with E-state index < -0.39 is 23.5 Å². The van der Waals surface area contributed by atoms with E-state index >= 15 is 0 Å². The largest absolute Gasteiger partial charge is 0.463 e. The van der Waals surface area contributed by atoms with E-state index in [1.165, 1.54) is 6.07 Å². The number of hydrogen-bond donors (Lipinski definition) is 2. The van der Waals surface area contributed by atoms with Gasteiger partial charge in [0.15, 0.2) is 0 Å². The second-order valence-electron chi connectivity index (χ2n) is 5.52. The van der Waals surface area contributed by atoms with E-state index in [4.69, 9.17) is 16.2 Å². The molecule has 7 heteroatoms. The van der Waals surface area contributed by atoms with Gasteiger partial charge in [0, 0.05) is 17.3 Å². The number of rotatable bonds is 5. The van der Waals surface area contributed by atoms with Crippen LogP contribution < -0.4 is 11.5 Å². The van der Waals surface area contributed by atoms with Crippen LogP contribution in [-0.4, -0.2) is 18.4 Å². The Balaban J connectivity index is 2.78. The second kappa shape index (κ2) is 7.92. The highest BCUT2D eigenvalue weighted by molar-refractivity contribution is 6.05. The molecule has 0 aromatic heterocycles. The maximum Gasteiger partial charge on any atom is 0.336 e. The second-order valence-corrected chi connectivity index (χ2v) is 5.52. The molecule has 0 radical (unpaired) electrons. The first kappa shape index (κ1) is 18.6. The van der Waals surface area contributed by atoms with Gasteiger partial charge in [-0.1, -0.05) is 19.4 Å². The van der Waals surface area contributed by atoms with Crippen LogP contribution in [0.1, 0.15) is 38.2 Å². The van der Waals surface area contributed by atoms with Crippen molar-refractivity contribution in [3.63, 3.8) is 0 Å². The lowest BCUT2D eigenvalue weighted by Gasteiger charge is -2.28. The Morgan fingerprint density at radius 3 is 2.48 bits per heavy atom. The molecule has 1 aliphatic rings. The zero-order valence-electron chi connectivity index (χ0n) is 14.2. The van der Waals surface area contributed by atoms with Crippen molar-refractivity contribution < 1.29 is 18.3 Å². The summed E-state index contributed by atoms with van der Waals surface area (Å²) in [6.45, 7) is 3.67. The van der Waals surface area contributed by atoms with Crippen LogP contribution in [0.3, 0.4) is 0 Å². The van der Waals surface area contributed by atoms with E-state index in [0.717, 1.165) is 18.3 Å². The lowest BCUT2D eigenvalue weighted by atomic mass is 9.80. The van der Waals surface area contributed by atoms with Crippen molar-refractivity contribution in [1.82, 2.24) is 0 Å². The number of aliphatic imine (C=N–C) groups is 1. The number of allylic oxidation sites excluding steroid dienone is 1. The standard InChI is InChI=1S/C18H21F2N3O2/c1-3-6-13-16(18(24)25-4-2)14(10(9-21)17(22)23-13)15-11(19)7-5-8-12(15)20/h5,7-9,14H,3-4,6,21H2,1-2H3,(H2,22,23)/b10-9-. The molecule has 5 nitrogen and oxygen atoms in total. The fourth-order valence-corrected chi connectivity index (χ4v) is 2.88. The summed E-state index contributed by atoms with van der Waals surface area (Å²) in [7, 11) is 0. The Bertz CT molecular complexity index is 749. The lowest BCUT2D eigenvalue weighted by Crippen LogP contribution is -2.31. The maximum atomic E-state index is 14.4. The van der Waals surface area contributed by atoms with Crippen LogP contribution in [0.25, 0.3) is 0 Å². The molecule has 2 rings (SSSR count). The number of benzene rings is 1. The summed E-state index contributed by atoms with van der Waals surface area (Å²) in [5, 5.41) is 0. The molecule has 0 bridgehead atoms. The lowest BCUT2D eigenvalue weighted by molar-refractivity contribution is -0.138. The van der Waals surface area contributed by atoms with Gasteiger partial charge in [0.1, 0.15) is 17.5 Å². The van der Waals surface area contributed by atoms with Crippen LogP contribution in [0.4, 0.5) is 8.78 Å². The third kappa shape index (κ3) is 3.55. The Morgan fingerprint density at radius 1 is 1.32 bits per heavy atom. The molecule has 0 fully saturated rings. The molecule has 0 amide bonds. The Labute approximate surface area is 145 Å². The first-order valence-corrected chi connectivity index (χ1v) is 8.06. The van der Waals surface area contributed by atoms with Gasteiger partial charge >= 0.3 is 5.97 Å². The van der Waals surface area contributed by atoms with E-state index in [1.54, 1.807) is 6.92 Å². The van der Waals surface area contributed by atoms with Crippen LogP contribution in [0.2, 0.25) is 0 Å². The molecule has 1 heterocycles. The number of carbonyl (C=O) groups is 1. The first-order chi connectivity index (χ1) is 12.0. The molecule has 1 aliphatic heterocycles. The molecule has 1 aromatic rings. The highest BCUT2D eigenvalue weighted by Gasteiger charge is 2.38. The van der Waals surface area contributed by atoms with Gasteiger partial charge in [-0.15, -0.1) is 0 Å². The predicted octanol–water partition coefficient (Wildman–Crippen LogP) is 2.88. The highest BCUT2D eigenvalue weighted by atomic mass is 19.1. The van der Waals surface area contributed by atoms with Crippen molar-refractivity contribution >= 4 is 11.8 Å². The quantitative estimate of drug-likeness (QED) is 0.800. The van der Waals surface area contributed by atoms with E-state index in [9.17, 15) is 13.6 Å². The fraction of sp³-hybridized carbons (Fsp3) is 0.333.